The van der Waals surface area contributed by atoms with Crippen LogP contribution in [0, 0.1) is 5.92 Å². The fourth-order valence-electron chi connectivity index (χ4n) is 3.16. The second-order valence-electron chi connectivity index (χ2n) is 7.22. The van der Waals surface area contributed by atoms with E-state index >= 15 is 0 Å². The van der Waals surface area contributed by atoms with E-state index in [0.29, 0.717) is 5.92 Å². The van der Waals surface area contributed by atoms with Gasteiger partial charge in [0.1, 0.15) is 0 Å². The quantitative estimate of drug-likeness (QED) is 0.586. The van der Waals surface area contributed by atoms with Crippen LogP contribution in [0.2, 0.25) is 0 Å². The standard InChI is InChI=1S/C14H30N2O2/c1-12(2,17-7)9-11(16-15)10-8-13(3,4)18-14(10,5)6/h10-11,16H,8-9,15H2,1-7H3. The summed E-state index contributed by atoms with van der Waals surface area (Å²) in [5.41, 5.74) is 2.54. The summed E-state index contributed by atoms with van der Waals surface area (Å²) in [5.74, 6) is 6.14. The summed E-state index contributed by atoms with van der Waals surface area (Å²) in [6.45, 7) is 12.8. The summed E-state index contributed by atoms with van der Waals surface area (Å²) < 4.78 is 11.7. The molecule has 0 amide bonds. The molecular weight excluding hydrogens is 228 g/mol. The van der Waals surface area contributed by atoms with Gasteiger partial charge >= 0.3 is 0 Å². The van der Waals surface area contributed by atoms with Crippen molar-refractivity contribution in [3.63, 3.8) is 0 Å². The Kier molecular flexibility index (Phi) is 4.49. The van der Waals surface area contributed by atoms with Crippen molar-refractivity contribution in [3.8, 4) is 0 Å². The first-order valence-corrected chi connectivity index (χ1v) is 6.74. The molecule has 1 saturated heterocycles. The van der Waals surface area contributed by atoms with Crippen LogP contribution in [0.15, 0.2) is 0 Å². The predicted molar refractivity (Wildman–Crippen MR) is 74.2 cm³/mol. The summed E-state index contributed by atoms with van der Waals surface area (Å²) >= 11 is 0. The molecule has 4 heteroatoms. The third-order valence-electron chi connectivity index (χ3n) is 4.11. The minimum Gasteiger partial charge on any atom is -0.379 e. The molecule has 1 rings (SSSR count). The minimum absolute atomic E-state index is 0.0829. The molecule has 2 unspecified atom stereocenters. The van der Waals surface area contributed by atoms with Crippen molar-refractivity contribution in [1.29, 1.82) is 0 Å². The number of ether oxygens (including phenoxy) is 2. The second kappa shape index (κ2) is 5.08. The summed E-state index contributed by atoms with van der Waals surface area (Å²) in [5, 5.41) is 0. The van der Waals surface area contributed by atoms with Crippen molar-refractivity contribution in [3.05, 3.63) is 0 Å². The van der Waals surface area contributed by atoms with Gasteiger partial charge in [0.05, 0.1) is 16.8 Å². The molecule has 3 N–H and O–H groups in total. The van der Waals surface area contributed by atoms with E-state index < -0.39 is 0 Å². The lowest BCUT2D eigenvalue weighted by Gasteiger charge is -2.36. The van der Waals surface area contributed by atoms with E-state index in [9.17, 15) is 0 Å². The Bertz CT molecular complexity index is 288. The van der Waals surface area contributed by atoms with E-state index in [-0.39, 0.29) is 22.8 Å². The van der Waals surface area contributed by atoms with Crippen LogP contribution in [-0.2, 0) is 9.47 Å². The molecule has 1 fully saturated rings. The zero-order valence-electron chi connectivity index (χ0n) is 13.0. The minimum atomic E-state index is -0.181. The van der Waals surface area contributed by atoms with Gasteiger partial charge in [0.25, 0.3) is 0 Å². The first kappa shape index (κ1) is 15.9. The molecule has 0 aromatic heterocycles. The van der Waals surface area contributed by atoms with Gasteiger partial charge in [-0.2, -0.15) is 0 Å². The lowest BCUT2D eigenvalue weighted by Crippen LogP contribution is -2.50. The van der Waals surface area contributed by atoms with E-state index in [2.05, 4.69) is 47.0 Å². The van der Waals surface area contributed by atoms with E-state index in [4.69, 9.17) is 15.3 Å². The third-order valence-corrected chi connectivity index (χ3v) is 4.11. The molecule has 0 aromatic carbocycles. The van der Waals surface area contributed by atoms with Gasteiger partial charge in [0.15, 0.2) is 0 Å². The average molecular weight is 258 g/mol. The van der Waals surface area contributed by atoms with Gasteiger partial charge in [-0.1, -0.05) is 0 Å². The van der Waals surface area contributed by atoms with Crippen LogP contribution in [-0.4, -0.2) is 30.0 Å². The molecule has 0 aliphatic carbocycles. The number of hydrogen-bond donors (Lipinski definition) is 2. The van der Waals surface area contributed by atoms with Gasteiger partial charge in [0, 0.05) is 19.1 Å². The lowest BCUT2D eigenvalue weighted by molar-refractivity contribution is -0.0813. The van der Waals surface area contributed by atoms with Crippen molar-refractivity contribution >= 4 is 0 Å². The van der Waals surface area contributed by atoms with Crippen molar-refractivity contribution in [2.75, 3.05) is 7.11 Å². The maximum atomic E-state index is 6.14. The molecular formula is C14H30N2O2. The van der Waals surface area contributed by atoms with Crippen LogP contribution in [0.1, 0.15) is 54.4 Å². The predicted octanol–water partition coefficient (Wildman–Crippen LogP) is 2.23. The monoisotopic (exact) mass is 258 g/mol. The molecule has 0 spiro atoms. The smallest absolute Gasteiger partial charge is 0.0678 e. The van der Waals surface area contributed by atoms with Gasteiger partial charge in [-0.25, -0.2) is 0 Å². The molecule has 1 aliphatic rings. The third kappa shape index (κ3) is 3.67. The van der Waals surface area contributed by atoms with Crippen molar-refractivity contribution < 1.29 is 9.47 Å². The van der Waals surface area contributed by atoms with E-state index in [0.717, 1.165) is 12.8 Å². The number of methoxy groups -OCH3 is 1. The Balaban J connectivity index is 2.83. The van der Waals surface area contributed by atoms with E-state index in [1.165, 1.54) is 0 Å². The summed E-state index contributed by atoms with van der Waals surface area (Å²) in [6.07, 6.45) is 1.88. The number of rotatable bonds is 5. The van der Waals surface area contributed by atoms with E-state index in [1.54, 1.807) is 7.11 Å². The van der Waals surface area contributed by atoms with Crippen molar-refractivity contribution in [2.45, 2.75) is 77.2 Å². The molecule has 0 saturated carbocycles. The molecule has 0 aromatic rings. The number of nitrogens with one attached hydrogen (secondary N) is 1. The molecule has 1 heterocycles. The van der Waals surface area contributed by atoms with Gasteiger partial charge in [-0.05, 0) is 54.4 Å². The zero-order valence-corrected chi connectivity index (χ0v) is 13.0. The highest BCUT2D eigenvalue weighted by molar-refractivity contribution is 5.00. The first-order chi connectivity index (χ1) is 8.03. The highest BCUT2D eigenvalue weighted by atomic mass is 16.5. The molecule has 18 heavy (non-hydrogen) atoms. The Labute approximate surface area is 112 Å². The summed E-state index contributed by atoms with van der Waals surface area (Å²) in [6, 6.07) is 0.191. The number of hydrogen-bond acceptors (Lipinski definition) is 4. The average Bonchev–Trinajstić information content (AvgIpc) is 2.43. The Morgan fingerprint density at radius 1 is 1.39 bits per heavy atom. The topological polar surface area (TPSA) is 56.5 Å². The lowest BCUT2D eigenvalue weighted by atomic mass is 9.78. The summed E-state index contributed by atoms with van der Waals surface area (Å²) in [7, 11) is 1.74. The zero-order chi connectivity index (χ0) is 14.2. The fourth-order valence-corrected chi connectivity index (χ4v) is 3.16. The molecule has 0 radical (unpaired) electrons. The van der Waals surface area contributed by atoms with Gasteiger partial charge in [-0.3, -0.25) is 11.3 Å². The summed E-state index contributed by atoms with van der Waals surface area (Å²) in [4.78, 5) is 0. The normalized spacial score (nSPS) is 28.3. The maximum Gasteiger partial charge on any atom is 0.0678 e. The second-order valence-corrected chi connectivity index (χ2v) is 7.22. The highest BCUT2D eigenvalue weighted by Crippen LogP contribution is 2.44. The fraction of sp³-hybridized carbons (Fsp3) is 1.00. The first-order valence-electron chi connectivity index (χ1n) is 6.74. The number of hydrazine groups is 1. The highest BCUT2D eigenvalue weighted by Gasteiger charge is 2.49. The SMILES string of the molecule is COC(C)(C)CC(NN)C1CC(C)(C)OC1(C)C. The van der Waals surface area contributed by atoms with Crippen LogP contribution in [0.4, 0.5) is 0 Å². The van der Waals surface area contributed by atoms with Crippen LogP contribution in [0.5, 0.6) is 0 Å². The van der Waals surface area contributed by atoms with Crippen LogP contribution >= 0.6 is 0 Å². The van der Waals surface area contributed by atoms with Crippen LogP contribution in [0.3, 0.4) is 0 Å². The van der Waals surface area contributed by atoms with Crippen molar-refractivity contribution in [1.82, 2.24) is 5.43 Å². The molecule has 0 bridgehead atoms. The van der Waals surface area contributed by atoms with Gasteiger partial charge in [-0.15, -0.1) is 0 Å². The number of nitrogens with two attached hydrogens (primary N) is 1. The van der Waals surface area contributed by atoms with E-state index in [1.807, 2.05) is 0 Å². The van der Waals surface area contributed by atoms with Gasteiger partial charge in [0.2, 0.25) is 0 Å². The Morgan fingerprint density at radius 3 is 2.28 bits per heavy atom. The molecule has 1 aliphatic heterocycles. The largest absolute Gasteiger partial charge is 0.379 e. The van der Waals surface area contributed by atoms with Crippen molar-refractivity contribution in [2.24, 2.45) is 11.8 Å². The maximum absolute atomic E-state index is 6.14. The molecule has 4 nitrogen and oxygen atoms in total. The van der Waals surface area contributed by atoms with Gasteiger partial charge < -0.3 is 9.47 Å². The Hall–Kier alpha value is -0.160. The molecule has 108 valence electrons. The molecule has 2 atom stereocenters. The Morgan fingerprint density at radius 2 is 1.94 bits per heavy atom. The van der Waals surface area contributed by atoms with Crippen LogP contribution in [0.25, 0.3) is 0 Å². The van der Waals surface area contributed by atoms with Crippen LogP contribution < -0.4 is 11.3 Å².